The number of rotatable bonds is 4. The van der Waals surface area contributed by atoms with Crippen molar-refractivity contribution in [3.05, 3.63) is 53.1 Å². The van der Waals surface area contributed by atoms with Gasteiger partial charge in [0.25, 0.3) is 0 Å². The molecule has 0 saturated heterocycles. The summed E-state index contributed by atoms with van der Waals surface area (Å²) in [5, 5.41) is 10.5. The van der Waals surface area contributed by atoms with E-state index in [9.17, 15) is 19.1 Å². The summed E-state index contributed by atoms with van der Waals surface area (Å²) in [4.78, 5) is 22.9. The van der Waals surface area contributed by atoms with E-state index in [1.807, 2.05) is 0 Å². The van der Waals surface area contributed by atoms with Gasteiger partial charge in [0.15, 0.2) is 6.29 Å². The van der Waals surface area contributed by atoms with Crippen molar-refractivity contribution in [2.75, 3.05) is 7.11 Å². The maximum atomic E-state index is 13.1. The summed E-state index contributed by atoms with van der Waals surface area (Å²) in [6.45, 7) is 0. The van der Waals surface area contributed by atoms with Crippen LogP contribution in [0.5, 0.6) is 5.75 Å². The van der Waals surface area contributed by atoms with Crippen molar-refractivity contribution in [2.45, 2.75) is 18.8 Å². The Morgan fingerprint density at radius 1 is 1.50 bits per heavy atom. The second kappa shape index (κ2) is 6.31. The lowest BCUT2D eigenvalue weighted by atomic mass is 9.94. The third kappa shape index (κ3) is 2.82. The number of benzene rings is 1. The van der Waals surface area contributed by atoms with Crippen LogP contribution in [0.15, 0.2) is 40.6 Å². The molecule has 0 aliphatic heterocycles. The van der Waals surface area contributed by atoms with E-state index in [-0.39, 0.29) is 23.9 Å². The third-order valence-corrected chi connectivity index (χ3v) is 4.03. The molecule has 1 unspecified atom stereocenters. The fourth-order valence-electron chi connectivity index (χ4n) is 2.77. The van der Waals surface area contributed by atoms with Crippen LogP contribution in [0.4, 0.5) is 4.39 Å². The van der Waals surface area contributed by atoms with E-state index < -0.39 is 5.97 Å². The summed E-state index contributed by atoms with van der Waals surface area (Å²) in [6, 6.07) is 2.91. The van der Waals surface area contributed by atoms with Gasteiger partial charge in [0.2, 0.25) is 0 Å². The van der Waals surface area contributed by atoms with E-state index in [0.29, 0.717) is 40.6 Å². The highest BCUT2D eigenvalue weighted by Gasteiger charge is 2.23. The number of phenolic OH excluding ortho intramolecular Hbond substituents is 1. The van der Waals surface area contributed by atoms with Crippen LogP contribution in [-0.4, -0.2) is 24.5 Å². The number of methoxy groups -OCH3 is 1. The standard InChI is InChI=1S/C18H15FO5/c1-23-17(22)7-11-6-16-13(8-15(11)21)14(9-20)18(24-16)10-2-4-12(19)5-3-10/h2,4-6,8-10,21H,3,7H2,1H3. The first-order valence-corrected chi connectivity index (χ1v) is 7.37. The molecule has 0 spiro atoms. The van der Waals surface area contributed by atoms with Gasteiger partial charge < -0.3 is 14.3 Å². The molecule has 5 nitrogen and oxygen atoms in total. The molecule has 1 heterocycles. The van der Waals surface area contributed by atoms with E-state index in [2.05, 4.69) is 4.74 Å². The molecule has 2 aromatic rings. The highest BCUT2D eigenvalue weighted by Crippen LogP contribution is 2.37. The molecule has 0 fully saturated rings. The summed E-state index contributed by atoms with van der Waals surface area (Å²) < 4.78 is 23.5. The predicted octanol–water partition coefficient (Wildman–Crippen LogP) is 3.56. The van der Waals surface area contributed by atoms with Crippen molar-refractivity contribution in [1.29, 1.82) is 0 Å². The van der Waals surface area contributed by atoms with Crippen LogP contribution in [0.2, 0.25) is 0 Å². The average molecular weight is 330 g/mol. The second-order valence-corrected chi connectivity index (χ2v) is 5.52. The van der Waals surface area contributed by atoms with E-state index in [0.717, 1.165) is 0 Å². The van der Waals surface area contributed by atoms with Crippen LogP contribution in [0.1, 0.15) is 34.0 Å². The Morgan fingerprint density at radius 2 is 2.29 bits per heavy atom. The van der Waals surface area contributed by atoms with Gasteiger partial charge in [0.1, 0.15) is 22.9 Å². The smallest absolute Gasteiger partial charge is 0.310 e. The van der Waals surface area contributed by atoms with Gasteiger partial charge >= 0.3 is 5.97 Å². The van der Waals surface area contributed by atoms with Gasteiger partial charge in [0.05, 0.1) is 19.1 Å². The predicted molar refractivity (Wildman–Crippen MR) is 84.7 cm³/mol. The number of ether oxygens (including phenoxy) is 1. The van der Waals surface area contributed by atoms with Gasteiger partial charge in [0, 0.05) is 16.9 Å². The van der Waals surface area contributed by atoms with Gasteiger partial charge in [-0.05, 0) is 30.7 Å². The average Bonchev–Trinajstić information content (AvgIpc) is 2.93. The van der Waals surface area contributed by atoms with Gasteiger partial charge in [-0.25, -0.2) is 4.39 Å². The second-order valence-electron chi connectivity index (χ2n) is 5.52. The van der Waals surface area contributed by atoms with Gasteiger partial charge in [-0.3, -0.25) is 9.59 Å². The number of carbonyl (C=O) groups is 2. The lowest BCUT2D eigenvalue weighted by Gasteiger charge is -2.11. The molecule has 1 aromatic heterocycles. The molecule has 3 rings (SSSR count). The highest BCUT2D eigenvalue weighted by molar-refractivity contribution is 5.99. The molecule has 0 saturated carbocycles. The lowest BCUT2D eigenvalue weighted by molar-refractivity contribution is -0.139. The SMILES string of the molecule is COC(=O)Cc1cc2oc(C3C=CC(F)=CC3)c(C=O)c2cc1O. The molecule has 1 atom stereocenters. The summed E-state index contributed by atoms with van der Waals surface area (Å²) in [6.07, 6.45) is 5.31. The Balaban J connectivity index is 2.07. The summed E-state index contributed by atoms with van der Waals surface area (Å²) in [5.41, 5.74) is 1.04. The minimum atomic E-state index is -0.497. The van der Waals surface area contributed by atoms with Crippen molar-refractivity contribution < 1.29 is 28.2 Å². The maximum Gasteiger partial charge on any atom is 0.310 e. The number of allylic oxidation sites excluding steroid dienone is 4. The Bertz CT molecular complexity index is 875. The molecule has 1 N–H and O–H groups in total. The van der Waals surface area contributed by atoms with Gasteiger partial charge in [-0.1, -0.05) is 6.08 Å². The molecule has 1 aliphatic rings. The van der Waals surface area contributed by atoms with Crippen LogP contribution in [0.25, 0.3) is 11.0 Å². The van der Waals surface area contributed by atoms with E-state index in [1.165, 1.54) is 31.4 Å². The Morgan fingerprint density at radius 3 is 2.92 bits per heavy atom. The van der Waals surface area contributed by atoms with Crippen molar-refractivity contribution in [3.8, 4) is 5.75 Å². The largest absolute Gasteiger partial charge is 0.508 e. The van der Waals surface area contributed by atoms with E-state index in [1.54, 1.807) is 6.08 Å². The number of phenols is 1. The Hall–Kier alpha value is -2.89. The molecule has 124 valence electrons. The zero-order valence-corrected chi connectivity index (χ0v) is 12.9. The highest BCUT2D eigenvalue weighted by atomic mass is 19.1. The van der Waals surface area contributed by atoms with Crippen molar-refractivity contribution >= 4 is 23.2 Å². The van der Waals surface area contributed by atoms with Crippen molar-refractivity contribution in [2.24, 2.45) is 0 Å². The maximum absolute atomic E-state index is 13.1. The Labute approximate surface area is 137 Å². The molecular formula is C18H15FO5. The monoisotopic (exact) mass is 330 g/mol. The molecule has 0 bridgehead atoms. The number of furan rings is 1. The van der Waals surface area contributed by atoms with E-state index >= 15 is 0 Å². The molecule has 6 heteroatoms. The fourth-order valence-corrected chi connectivity index (χ4v) is 2.77. The zero-order chi connectivity index (χ0) is 17.3. The zero-order valence-electron chi connectivity index (χ0n) is 12.9. The molecule has 24 heavy (non-hydrogen) atoms. The lowest BCUT2D eigenvalue weighted by Crippen LogP contribution is -2.04. The number of halogens is 1. The normalized spacial score (nSPS) is 16.9. The third-order valence-electron chi connectivity index (χ3n) is 4.03. The van der Waals surface area contributed by atoms with Gasteiger partial charge in [-0.2, -0.15) is 0 Å². The first-order valence-electron chi connectivity index (χ1n) is 7.37. The summed E-state index contributed by atoms with van der Waals surface area (Å²) in [7, 11) is 1.26. The number of esters is 1. The van der Waals surface area contributed by atoms with Crippen LogP contribution >= 0.6 is 0 Å². The minimum Gasteiger partial charge on any atom is -0.508 e. The topological polar surface area (TPSA) is 76.7 Å². The van der Waals surface area contributed by atoms with Crippen LogP contribution in [-0.2, 0) is 16.0 Å². The van der Waals surface area contributed by atoms with Crippen LogP contribution in [0, 0.1) is 0 Å². The number of aromatic hydroxyl groups is 1. The fraction of sp³-hybridized carbons (Fsp3) is 0.222. The number of hydrogen-bond donors (Lipinski definition) is 1. The van der Waals surface area contributed by atoms with Crippen molar-refractivity contribution in [3.63, 3.8) is 0 Å². The molecular weight excluding hydrogens is 315 g/mol. The molecule has 0 amide bonds. The van der Waals surface area contributed by atoms with Crippen molar-refractivity contribution in [1.82, 2.24) is 0 Å². The summed E-state index contributed by atoms with van der Waals surface area (Å²) >= 11 is 0. The number of hydrogen-bond acceptors (Lipinski definition) is 5. The number of fused-ring (bicyclic) bond motifs is 1. The van der Waals surface area contributed by atoms with E-state index in [4.69, 9.17) is 4.42 Å². The quantitative estimate of drug-likeness (QED) is 0.685. The molecule has 1 aromatic carbocycles. The summed E-state index contributed by atoms with van der Waals surface area (Å²) in [5.74, 6) is -0.790. The molecule has 0 radical (unpaired) electrons. The van der Waals surface area contributed by atoms with Gasteiger partial charge in [-0.15, -0.1) is 0 Å². The number of aldehydes is 1. The van der Waals surface area contributed by atoms with Crippen LogP contribution < -0.4 is 0 Å². The molecule has 1 aliphatic carbocycles. The first kappa shape index (κ1) is 16.0. The minimum absolute atomic E-state index is 0.109. The number of carbonyl (C=O) groups excluding carboxylic acids is 2. The Kier molecular flexibility index (Phi) is 4.20. The first-order chi connectivity index (χ1) is 11.5. The van der Waals surface area contributed by atoms with Crippen LogP contribution in [0.3, 0.4) is 0 Å².